The van der Waals surface area contributed by atoms with Crippen LogP contribution in [-0.4, -0.2) is 74.9 Å². The Labute approximate surface area is 241 Å². The third-order valence-corrected chi connectivity index (χ3v) is 9.43. The van der Waals surface area contributed by atoms with Gasteiger partial charge in [-0.25, -0.2) is 8.42 Å². The minimum Gasteiger partial charge on any atom is -0.376 e. The predicted molar refractivity (Wildman–Crippen MR) is 157 cm³/mol. The van der Waals surface area contributed by atoms with E-state index in [9.17, 15) is 18.0 Å². The molecule has 2 aliphatic heterocycles. The minimum absolute atomic E-state index is 0.0315. The molecule has 41 heavy (non-hydrogen) atoms. The van der Waals surface area contributed by atoms with Gasteiger partial charge in [-0.15, -0.1) is 0 Å². The average Bonchev–Trinajstić information content (AvgIpc) is 3.51. The van der Waals surface area contributed by atoms with Gasteiger partial charge in [-0.05, 0) is 61.7 Å². The number of nitrogens with one attached hydrogen (secondary N) is 2. The number of carbonyl (C=O) groups is 2. The van der Waals surface area contributed by atoms with E-state index in [-0.39, 0.29) is 17.9 Å². The summed E-state index contributed by atoms with van der Waals surface area (Å²) in [6.07, 6.45) is 1.96. The Balaban J connectivity index is 1.17. The molecule has 2 aliphatic rings. The molecule has 1 unspecified atom stereocenters. The number of para-hydroxylation sites is 1. The molecule has 3 aromatic carbocycles. The number of carbonyl (C=O) groups excluding carboxylic acids is 2. The van der Waals surface area contributed by atoms with Gasteiger partial charge in [0, 0.05) is 51.4 Å². The maximum absolute atomic E-state index is 13.2. The van der Waals surface area contributed by atoms with E-state index >= 15 is 0 Å². The third-order valence-electron chi connectivity index (χ3n) is 7.52. The molecular formula is C31H36N4O5S. The number of hydrogen-bond acceptors (Lipinski definition) is 6. The molecule has 0 spiro atoms. The Hall–Kier alpha value is -3.57. The first kappa shape index (κ1) is 28.9. The smallest absolute Gasteiger partial charge is 0.255 e. The normalized spacial score (nSPS) is 18.2. The van der Waals surface area contributed by atoms with E-state index < -0.39 is 10.0 Å². The Kier molecular flexibility index (Phi) is 9.14. The molecule has 2 saturated heterocycles. The lowest BCUT2D eigenvalue weighted by Gasteiger charge is -2.34. The summed E-state index contributed by atoms with van der Waals surface area (Å²) in [6.45, 7) is 5.69. The summed E-state index contributed by atoms with van der Waals surface area (Å²) in [5.74, 6) is -0.561. The first-order valence-corrected chi connectivity index (χ1v) is 15.4. The van der Waals surface area contributed by atoms with Gasteiger partial charge in [0.25, 0.3) is 11.8 Å². The second-order valence-corrected chi connectivity index (χ2v) is 12.5. The summed E-state index contributed by atoms with van der Waals surface area (Å²) in [7, 11) is -3.52. The number of sulfonamides is 1. The molecule has 9 nitrogen and oxygen atoms in total. The van der Waals surface area contributed by atoms with Crippen LogP contribution in [0.1, 0.15) is 44.7 Å². The van der Waals surface area contributed by atoms with Crippen LogP contribution in [0.4, 0.5) is 5.69 Å². The van der Waals surface area contributed by atoms with Gasteiger partial charge in [0.15, 0.2) is 0 Å². The number of benzene rings is 3. The van der Waals surface area contributed by atoms with Gasteiger partial charge in [0.05, 0.1) is 22.3 Å². The number of rotatable bonds is 9. The molecule has 0 bridgehead atoms. The van der Waals surface area contributed by atoms with E-state index in [1.165, 1.54) is 4.31 Å². The van der Waals surface area contributed by atoms with Crippen LogP contribution < -0.4 is 10.6 Å². The molecule has 0 radical (unpaired) electrons. The molecule has 2 heterocycles. The lowest BCUT2D eigenvalue weighted by atomic mass is 10.1. The molecule has 2 N–H and O–H groups in total. The fourth-order valence-corrected chi connectivity index (χ4v) is 6.57. The molecule has 2 fully saturated rings. The summed E-state index contributed by atoms with van der Waals surface area (Å²) in [5, 5.41) is 5.80. The number of amides is 2. The van der Waals surface area contributed by atoms with Crippen molar-refractivity contribution in [3.63, 3.8) is 0 Å². The SMILES string of the molecule is Cc1ccc(S(=O)(=O)N2CCN(Cc3cccc(C(=O)Nc4ccccc4C(=O)NCC4CCCO4)c3)CC2)cc1. The molecule has 2 amide bonds. The van der Waals surface area contributed by atoms with Crippen molar-refractivity contribution in [2.75, 3.05) is 44.6 Å². The van der Waals surface area contributed by atoms with E-state index in [2.05, 4.69) is 15.5 Å². The highest BCUT2D eigenvalue weighted by Gasteiger charge is 2.28. The van der Waals surface area contributed by atoms with Crippen LogP contribution in [0.15, 0.2) is 77.7 Å². The predicted octanol–water partition coefficient (Wildman–Crippen LogP) is 3.66. The maximum atomic E-state index is 13.2. The maximum Gasteiger partial charge on any atom is 0.255 e. The number of piperazine rings is 1. The fourth-order valence-electron chi connectivity index (χ4n) is 5.15. The Morgan fingerprint density at radius 2 is 1.68 bits per heavy atom. The molecule has 1 atom stereocenters. The summed E-state index contributed by atoms with van der Waals surface area (Å²) in [5.41, 5.74) is 3.30. The standard InChI is InChI=1S/C31H36N4O5S/c1-23-11-13-27(14-12-23)41(38,39)35-17-15-34(16-18-35)22-24-6-4-7-25(20-24)30(36)33-29-10-3-2-9-28(29)31(37)32-21-26-8-5-19-40-26/h2-4,6-7,9-14,20,26H,5,8,15-19,21-22H2,1H3,(H,32,37)(H,33,36). The van der Waals surface area contributed by atoms with Crippen LogP contribution in [0.3, 0.4) is 0 Å². The summed E-state index contributed by atoms with van der Waals surface area (Å²) < 4.78 is 33.2. The zero-order chi connectivity index (χ0) is 28.8. The van der Waals surface area contributed by atoms with Crippen LogP contribution in [0.25, 0.3) is 0 Å². The first-order valence-electron chi connectivity index (χ1n) is 14.0. The van der Waals surface area contributed by atoms with Crippen LogP contribution in [0, 0.1) is 6.92 Å². The Morgan fingerprint density at radius 1 is 0.927 bits per heavy atom. The van der Waals surface area contributed by atoms with E-state index in [1.807, 2.05) is 37.3 Å². The van der Waals surface area contributed by atoms with Gasteiger partial charge in [0.1, 0.15) is 0 Å². The highest BCUT2D eigenvalue weighted by molar-refractivity contribution is 7.89. The number of ether oxygens (including phenoxy) is 1. The van der Waals surface area contributed by atoms with E-state index in [0.29, 0.717) is 61.0 Å². The number of nitrogens with zero attached hydrogens (tertiary/aromatic N) is 2. The van der Waals surface area contributed by atoms with Crippen molar-refractivity contribution in [1.82, 2.24) is 14.5 Å². The largest absolute Gasteiger partial charge is 0.376 e. The summed E-state index contributed by atoms with van der Waals surface area (Å²) in [6, 6.07) is 21.3. The highest BCUT2D eigenvalue weighted by atomic mass is 32.2. The zero-order valence-electron chi connectivity index (χ0n) is 23.2. The van der Waals surface area contributed by atoms with Crippen LogP contribution in [0.2, 0.25) is 0 Å². The molecule has 10 heteroatoms. The van der Waals surface area contributed by atoms with Crippen molar-refractivity contribution in [1.29, 1.82) is 0 Å². The number of anilines is 1. The van der Waals surface area contributed by atoms with Crippen molar-refractivity contribution < 1.29 is 22.7 Å². The van der Waals surface area contributed by atoms with Crippen LogP contribution >= 0.6 is 0 Å². The van der Waals surface area contributed by atoms with Crippen molar-refractivity contribution in [2.24, 2.45) is 0 Å². The van der Waals surface area contributed by atoms with E-state index in [4.69, 9.17) is 4.74 Å². The van der Waals surface area contributed by atoms with Gasteiger partial charge in [-0.2, -0.15) is 4.31 Å². The van der Waals surface area contributed by atoms with Gasteiger partial charge >= 0.3 is 0 Å². The lowest BCUT2D eigenvalue weighted by Crippen LogP contribution is -2.48. The molecule has 0 saturated carbocycles. The molecule has 5 rings (SSSR count). The van der Waals surface area contributed by atoms with E-state index in [0.717, 1.165) is 30.6 Å². The number of hydrogen-bond donors (Lipinski definition) is 2. The molecule has 0 aromatic heterocycles. The average molecular weight is 577 g/mol. The van der Waals surface area contributed by atoms with Gasteiger partial charge in [-0.3, -0.25) is 14.5 Å². The second-order valence-electron chi connectivity index (χ2n) is 10.5. The van der Waals surface area contributed by atoms with Crippen molar-refractivity contribution in [3.05, 3.63) is 95.1 Å². The highest BCUT2D eigenvalue weighted by Crippen LogP contribution is 2.21. The summed E-state index contributed by atoms with van der Waals surface area (Å²) >= 11 is 0. The monoisotopic (exact) mass is 576 g/mol. The zero-order valence-corrected chi connectivity index (χ0v) is 24.0. The van der Waals surface area contributed by atoms with Gasteiger partial charge < -0.3 is 15.4 Å². The van der Waals surface area contributed by atoms with Gasteiger partial charge in [0.2, 0.25) is 10.0 Å². The summed E-state index contributed by atoms with van der Waals surface area (Å²) in [4.78, 5) is 28.5. The number of aryl methyl sites for hydroxylation is 1. The minimum atomic E-state index is -3.52. The molecule has 3 aromatic rings. The molecule has 216 valence electrons. The quantitative estimate of drug-likeness (QED) is 0.403. The Morgan fingerprint density at radius 3 is 2.41 bits per heavy atom. The Bertz CT molecular complexity index is 1480. The third kappa shape index (κ3) is 7.20. The van der Waals surface area contributed by atoms with Crippen molar-refractivity contribution in [3.8, 4) is 0 Å². The van der Waals surface area contributed by atoms with Gasteiger partial charge in [-0.1, -0.05) is 42.0 Å². The van der Waals surface area contributed by atoms with Crippen LogP contribution in [-0.2, 0) is 21.3 Å². The second kappa shape index (κ2) is 12.9. The topological polar surface area (TPSA) is 108 Å². The molecule has 0 aliphatic carbocycles. The van der Waals surface area contributed by atoms with Crippen molar-refractivity contribution in [2.45, 2.75) is 37.3 Å². The van der Waals surface area contributed by atoms with Crippen molar-refractivity contribution >= 4 is 27.5 Å². The van der Waals surface area contributed by atoms with E-state index in [1.54, 1.807) is 42.5 Å². The van der Waals surface area contributed by atoms with Crippen LogP contribution in [0.5, 0.6) is 0 Å². The first-order chi connectivity index (χ1) is 19.8. The fraction of sp³-hybridized carbons (Fsp3) is 0.355. The lowest BCUT2D eigenvalue weighted by molar-refractivity contribution is 0.0858. The molecular weight excluding hydrogens is 540 g/mol.